The van der Waals surface area contributed by atoms with Crippen LogP contribution in [0.15, 0.2) is 48.5 Å². The van der Waals surface area contributed by atoms with Gasteiger partial charge in [0.1, 0.15) is 5.75 Å². The normalized spacial score (nSPS) is 14.4. The Labute approximate surface area is 188 Å². The maximum absolute atomic E-state index is 12.5. The second-order valence-electron chi connectivity index (χ2n) is 7.94. The SMILES string of the molecule is COc1ccc(CCNC(=O)N2CCN(Cc3nnnn3-c3ccc(C)cc3)CC2)cc1. The number of carbonyl (C=O) groups excluding carboxylic acids is 1. The predicted molar refractivity (Wildman–Crippen MR) is 121 cm³/mol. The Morgan fingerprint density at radius 2 is 1.75 bits per heavy atom. The molecule has 0 radical (unpaired) electrons. The lowest BCUT2D eigenvalue weighted by atomic mass is 10.1. The van der Waals surface area contributed by atoms with Gasteiger partial charge in [-0.05, 0) is 53.6 Å². The van der Waals surface area contributed by atoms with Crippen molar-refractivity contribution >= 4 is 6.03 Å². The maximum atomic E-state index is 12.5. The molecular formula is C23H29N7O2. The van der Waals surface area contributed by atoms with Crippen LogP contribution in [0.25, 0.3) is 5.69 Å². The minimum Gasteiger partial charge on any atom is -0.497 e. The Morgan fingerprint density at radius 3 is 2.44 bits per heavy atom. The summed E-state index contributed by atoms with van der Waals surface area (Å²) in [6.45, 7) is 6.24. The van der Waals surface area contributed by atoms with E-state index in [4.69, 9.17) is 4.74 Å². The van der Waals surface area contributed by atoms with E-state index >= 15 is 0 Å². The minimum absolute atomic E-state index is 0.0114. The lowest BCUT2D eigenvalue weighted by molar-refractivity contribution is 0.133. The first-order valence-corrected chi connectivity index (χ1v) is 10.8. The molecule has 1 aliphatic rings. The molecule has 3 aromatic rings. The van der Waals surface area contributed by atoms with Crippen molar-refractivity contribution < 1.29 is 9.53 Å². The third-order valence-corrected chi connectivity index (χ3v) is 5.69. The van der Waals surface area contributed by atoms with Gasteiger partial charge in [0.25, 0.3) is 0 Å². The number of rotatable bonds is 7. The Balaban J connectivity index is 1.22. The van der Waals surface area contributed by atoms with Crippen LogP contribution in [0.4, 0.5) is 4.79 Å². The predicted octanol–water partition coefficient (Wildman–Crippen LogP) is 2.05. The molecule has 0 spiro atoms. The van der Waals surface area contributed by atoms with Crippen molar-refractivity contribution in [2.75, 3.05) is 39.8 Å². The number of amides is 2. The van der Waals surface area contributed by atoms with E-state index < -0.39 is 0 Å². The zero-order valence-corrected chi connectivity index (χ0v) is 18.6. The van der Waals surface area contributed by atoms with Crippen molar-refractivity contribution in [3.05, 3.63) is 65.5 Å². The van der Waals surface area contributed by atoms with E-state index in [1.165, 1.54) is 11.1 Å². The molecular weight excluding hydrogens is 406 g/mol. The summed E-state index contributed by atoms with van der Waals surface area (Å²) in [6.07, 6.45) is 0.789. The van der Waals surface area contributed by atoms with Crippen molar-refractivity contribution in [3.8, 4) is 11.4 Å². The van der Waals surface area contributed by atoms with E-state index in [0.29, 0.717) is 26.2 Å². The van der Waals surface area contributed by atoms with Gasteiger partial charge in [0.05, 0.1) is 19.3 Å². The molecule has 0 atom stereocenters. The van der Waals surface area contributed by atoms with Crippen molar-refractivity contribution in [2.24, 2.45) is 0 Å². The highest BCUT2D eigenvalue weighted by atomic mass is 16.5. The van der Waals surface area contributed by atoms with Crippen LogP contribution in [0.3, 0.4) is 0 Å². The molecule has 2 amide bonds. The van der Waals surface area contributed by atoms with Crippen LogP contribution >= 0.6 is 0 Å². The number of ether oxygens (including phenoxy) is 1. The van der Waals surface area contributed by atoms with Gasteiger partial charge >= 0.3 is 6.03 Å². The van der Waals surface area contributed by atoms with Gasteiger partial charge in [-0.1, -0.05) is 29.8 Å². The average Bonchev–Trinajstić information content (AvgIpc) is 3.28. The Morgan fingerprint density at radius 1 is 1.03 bits per heavy atom. The maximum Gasteiger partial charge on any atom is 0.317 e. The van der Waals surface area contributed by atoms with Crippen molar-refractivity contribution in [2.45, 2.75) is 19.9 Å². The van der Waals surface area contributed by atoms with E-state index in [1.54, 1.807) is 11.8 Å². The van der Waals surface area contributed by atoms with Crippen LogP contribution in [0.2, 0.25) is 0 Å². The Hall–Kier alpha value is -3.46. The molecule has 0 aliphatic carbocycles. The fourth-order valence-electron chi connectivity index (χ4n) is 3.72. The lowest BCUT2D eigenvalue weighted by Crippen LogP contribution is -2.51. The first-order valence-electron chi connectivity index (χ1n) is 10.8. The smallest absolute Gasteiger partial charge is 0.317 e. The average molecular weight is 436 g/mol. The monoisotopic (exact) mass is 435 g/mol. The quantitative estimate of drug-likeness (QED) is 0.611. The number of nitrogens with one attached hydrogen (secondary N) is 1. The number of aryl methyl sites for hydroxylation is 1. The number of benzene rings is 2. The van der Waals surface area contributed by atoms with Crippen LogP contribution in [0.5, 0.6) is 5.75 Å². The molecule has 1 N–H and O–H groups in total. The second kappa shape index (κ2) is 10.2. The van der Waals surface area contributed by atoms with Gasteiger partial charge < -0.3 is 15.0 Å². The summed E-state index contributed by atoms with van der Waals surface area (Å²) in [5.74, 6) is 1.63. The molecule has 1 aliphatic heterocycles. The first kappa shape index (κ1) is 21.8. The number of aromatic nitrogens is 4. The second-order valence-corrected chi connectivity index (χ2v) is 7.94. The number of urea groups is 1. The van der Waals surface area contributed by atoms with E-state index in [1.807, 2.05) is 53.4 Å². The summed E-state index contributed by atoms with van der Waals surface area (Å²) in [4.78, 5) is 16.7. The Bertz CT molecular complexity index is 1010. The van der Waals surface area contributed by atoms with Crippen LogP contribution < -0.4 is 10.1 Å². The van der Waals surface area contributed by atoms with Crippen LogP contribution in [-0.2, 0) is 13.0 Å². The highest BCUT2D eigenvalue weighted by Crippen LogP contribution is 2.13. The van der Waals surface area contributed by atoms with Gasteiger partial charge in [-0.15, -0.1) is 5.10 Å². The van der Waals surface area contributed by atoms with Crippen molar-refractivity contribution in [1.29, 1.82) is 0 Å². The third kappa shape index (κ3) is 5.42. The number of hydrogen-bond acceptors (Lipinski definition) is 6. The van der Waals surface area contributed by atoms with E-state index in [9.17, 15) is 4.79 Å². The molecule has 0 saturated carbocycles. The molecule has 9 nitrogen and oxygen atoms in total. The van der Waals surface area contributed by atoms with Crippen LogP contribution in [-0.4, -0.2) is 75.9 Å². The van der Waals surface area contributed by atoms with E-state index in [-0.39, 0.29) is 6.03 Å². The number of methoxy groups -OCH3 is 1. The lowest BCUT2D eigenvalue weighted by Gasteiger charge is -2.34. The topological polar surface area (TPSA) is 88.4 Å². The fourth-order valence-corrected chi connectivity index (χ4v) is 3.72. The van der Waals surface area contributed by atoms with E-state index in [0.717, 1.165) is 36.8 Å². The van der Waals surface area contributed by atoms with Crippen molar-refractivity contribution in [1.82, 2.24) is 35.3 Å². The molecule has 1 fully saturated rings. The minimum atomic E-state index is -0.0114. The number of piperazine rings is 1. The van der Waals surface area contributed by atoms with Gasteiger partial charge in [0.15, 0.2) is 5.82 Å². The molecule has 1 saturated heterocycles. The number of hydrogen-bond donors (Lipinski definition) is 1. The zero-order valence-electron chi connectivity index (χ0n) is 18.6. The van der Waals surface area contributed by atoms with Crippen LogP contribution in [0, 0.1) is 6.92 Å². The molecule has 1 aromatic heterocycles. The highest BCUT2D eigenvalue weighted by Gasteiger charge is 2.22. The van der Waals surface area contributed by atoms with Gasteiger partial charge in [-0.25, -0.2) is 4.79 Å². The summed E-state index contributed by atoms with van der Waals surface area (Å²) in [6, 6.07) is 16.0. The zero-order chi connectivity index (χ0) is 22.3. The summed E-state index contributed by atoms with van der Waals surface area (Å²) in [5, 5.41) is 15.2. The molecule has 0 bridgehead atoms. The first-order chi connectivity index (χ1) is 15.6. The molecule has 9 heteroatoms. The summed E-state index contributed by atoms with van der Waals surface area (Å²) >= 11 is 0. The summed E-state index contributed by atoms with van der Waals surface area (Å²) < 4.78 is 6.95. The summed E-state index contributed by atoms with van der Waals surface area (Å²) in [5.41, 5.74) is 3.31. The number of nitrogens with zero attached hydrogens (tertiary/aromatic N) is 6. The van der Waals surface area contributed by atoms with Gasteiger partial charge in [0.2, 0.25) is 0 Å². The molecule has 0 unspecified atom stereocenters. The molecule has 2 heterocycles. The van der Waals surface area contributed by atoms with Crippen molar-refractivity contribution in [3.63, 3.8) is 0 Å². The van der Waals surface area contributed by atoms with Crippen LogP contribution in [0.1, 0.15) is 17.0 Å². The number of carbonyl (C=O) groups is 1. The Kier molecular flexibility index (Phi) is 6.96. The van der Waals surface area contributed by atoms with Gasteiger partial charge in [0, 0.05) is 32.7 Å². The van der Waals surface area contributed by atoms with Gasteiger partial charge in [-0.3, -0.25) is 4.90 Å². The van der Waals surface area contributed by atoms with Gasteiger partial charge in [-0.2, -0.15) is 4.68 Å². The third-order valence-electron chi connectivity index (χ3n) is 5.69. The van der Waals surface area contributed by atoms with E-state index in [2.05, 4.69) is 32.7 Å². The standard InChI is InChI=1S/C23H29N7O2/c1-18-3-7-20(8-4-18)30-22(25-26-27-30)17-28-13-15-29(16-14-28)23(31)24-12-11-19-5-9-21(32-2)10-6-19/h3-10H,11-17H2,1-2H3,(H,24,31). The molecule has 2 aromatic carbocycles. The molecule has 32 heavy (non-hydrogen) atoms. The summed E-state index contributed by atoms with van der Waals surface area (Å²) in [7, 11) is 1.65. The number of tetrazole rings is 1. The highest BCUT2D eigenvalue weighted by molar-refractivity contribution is 5.74. The molecule has 4 rings (SSSR count). The largest absolute Gasteiger partial charge is 0.497 e. The molecule has 168 valence electrons. The fraction of sp³-hybridized carbons (Fsp3) is 0.391.